The summed E-state index contributed by atoms with van der Waals surface area (Å²) in [5.74, 6) is 0.871. The summed E-state index contributed by atoms with van der Waals surface area (Å²) in [6.45, 7) is 0. The number of rotatable bonds is 3. The van der Waals surface area contributed by atoms with Crippen molar-refractivity contribution in [2.75, 3.05) is 7.11 Å². The van der Waals surface area contributed by atoms with Crippen molar-refractivity contribution in [3.05, 3.63) is 48.7 Å². The molecule has 0 aliphatic rings. The van der Waals surface area contributed by atoms with Crippen LogP contribution in [0.25, 0.3) is 0 Å². The summed E-state index contributed by atoms with van der Waals surface area (Å²) in [4.78, 5) is 5.38. The van der Waals surface area contributed by atoms with Gasteiger partial charge in [-0.15, -0.1) is 0 Å². The van der Waals surface area contributed by atoms with Gasteiger partial charge in [-0.3, -0.25) is 0 Å². The third-order valence-electron chi connectivity index (χ3n) is 1.90. The monoisotopic (exact) mass is 217 g/mol. The third kappa shape index (κ3) is 2.73. The Balaban J connectivity index is 2.17. The second-order valence-corrected chi connectivity index (χ2v) is 4.04. The van der Waals surface area contributed by atoms with E-state index >= 15 is 0 Å². The Morgan fingerprint density at radius 3 is 2.80 bits per heavy atom. The molecule has 2 nitrogen and oxygen atoms in total. The maximum absolute atomic E-state index is 5.16. The van der Waals surface area contributed by atoms with E-state index in [-0.39, 0.29) is 0 Å². The Labute approximate surface area is 93.3 Å². The highest BCUT2D eigenvalue weighted by Gasteiger charge is 1.98. The SMILES string of the molecule is COc1cccc(Sc2ccccn2)c1. The standard InChI is InChI=1S/C12H11NOS/c1-14-10-5-4-6-11(9-10)15-12-7-2-3-8-13-12/h2-9H,1H3. The van der Waals surface area contributed by atoms with Crippen LogP contribution in [0.5, 0.6) is 5.75 Å². The van der Waals surface area contributed by atoms with Gasteiger partial charge in [0.05, 0.1) is 7.11 Å². The lowest BCUT2D eigenvalue weighted by atomic mass is 10.3. The van der Waals surface area contributed by atoms with Crippen molar-refractivity contribution in [3.63, 3.8) is 0 Å². The minimum absolute atomic E-state index is 0.871. The number of methoxy groups -OCH3 is 1. The van der Waals surface area contributed by atoms with E-state index in [4.69, 9.17) is 4.74 Å². The molecule has 0 radical (unpaired) electrons. The van der Waals surface area contributed by atoms with E-state index in [0.29, 0.717) is 0 Å². The molecule has 0 aliphatic heterocycles. The highest BCUT2D eigenvalue weighted by atomic mass is 32.2. The molecule has 76 valence electrons. The first-order valence-electron chi connectivity index (χ1n) is 4.61. The summed E-state index contributed by atoms with van der Waals surface area (Å²) in [7, 11) is 1.67. The fourth-order valence-electron chi connectivity index (χ4n) is 1.19. The van der Waals surface area contributed by atoms with Gasteiger partial charge in [0, 0.05) is 11.1 Å². The third-order valence-corrected chi connectivity index (χ3v) is 2.84. The first-order valence-corrected chi connectivity index (χ1v) is 5.43. The molecule has 2 rings (SSSR count). The highest BCUT2D eigenvalue weighted by Crippen LogP contribution is 2.28. The molecule has 0 atom stereocenters. The number of benzene rings is 1. The molecule has 0 unspecified atom stereocenters. The van der Waals surface area contributed by atoms with Crippen LogP contribution >= 0.6 is 11.8 Å². The normalized spacial score (nSPS) is 9.93. The van der Waals surface area contributed by atoms with Gasteiger partial charge >= 0.3 is 0 Å². The van der Waals surface area contributed by atoms with Crippen molar-refractivity contribution in [2.24, 2.45) is 0 Å². The summed E-state index contributed by atoms with van der Waals surface area (Å²) in [6.07, 6.45) is 1.79. The number of hydrogen-bond acceptors (Lipinski definition) is 3. The smallest absolute Gasteiger partial charge is 0.119 e. The molecule has 2 aromatic rings. The van der Waals surface area contributed by atoms with Crippen LogP contribution in [0.1, 0.15) is 0 Å². The van der Waals surface area contributed by atoms with Gasteiger partial charge in [0.15, 0.2) is 0 Å². The molecule has 0 saturated heterocycles. The zero-order valence-corrected chi connectivity index (χ0v) is 9.20. The average Bonchev–Trinajstić information content (AvgIpc) is 2.31. The van der Waals surface area contributed by atoms with Crippen LogP contribution in [0.2, 0.25) is 0 Å². The van der Waals surface area contributed by atoms with Gasteiger partial charge in [0.1, 0.15) is 10.8 Å². The Hall–Kier alpha value is -1.48. The number of nitrogens with zero attached hydrogens (tertiary/aromatic N) is 1. The van der Waals surface area contributed by atoms with Crippen LogP contribution in [0.4, 0.5) is 0 Å². The molecule has 0 bridgehead atoms. The Bertz CT molecular complexity index is 431. The lowest BCUT2D eigenvalue weighted by Gasteiger charge is -2.03. The second-order valence-electron chi connectivity index (χ2n) is 2.95. The van der Waals surface area contributed by atoms with E-state index in [1.807, 2.05) is 42.5 Å². The maximum Gasteiger partial charge on any atom is 0.119 e. The fourth-order valence-corrected chi connectivity index (χ4v) is 2.02. The Morgan fingerprint density at radius 1 is 1.13 bits per heavy atom. The molecule has 0 fully saturated rings. The average molecular weight is 217 g/mol. The molecular formula is C12H11NOS. The molecular weight excluding hydrogens is 206 g/mol. The Morgan fingerprint density at radius 2 is 2.07 bits per heavy atom. The van der Waals surface area contributed by atoms with Crippen LogP contribution in [-0.2, 0) is 0 Å². The lowest BCUT2D eigenvalue weighted by molar-refractivity contribution is 0.413. The van der Waals surface area contributed by atoms with Gasteiger partial charge in [-0.25, -0.2) is 4.98 Å². The van der Waals surface area contributed by atoms with E-state index in [1.54, 1.807) is 25.1 Å². The van der Waals surface area contributed by atoms with Gasteiger partial charge < -0.3 is 4.74 Å². The highest BCUT2D eigenvalue weighted by molar-refractivity contribution is 7.99. The quantitative estimate of drug-likeness (QED) is 0.788. The molecule has 0 aliphatic carbocycles. The predicted molar refractivity (Wildman–Crippen MR) is 61.4 cm³/mol. The number of hydrogen-bond donors (Lipinski definition) is 0. The van der Waals surface area contributed by atoms with Crippen molar-refractivity contribution >= 4 is 11.8 Å². The van der Waals surface area contributed by atoms with Gasteiger partial charge in [-0.1, -0.05) is 23.9 Å². The van der Waals surface area contributed by atoms with E-state index in [1.165, 1.54) is 0 Å². The first-order chi connectivity index (χ1) is 7.38. The zero-order valence-electron chi connectivity index (χ0n) is 8.38. The molecule has 1 aromatic heterocycles. The van der Waals surface area contributed by atoms with Crippen LogP contribution in [0.15, 0.2) is 58.6 Å². The van der Waals surface area contributed by atoms with Crippen molar-refractivity contribution in [3.8, 4) is 5.75 Å². The second kappa shape index (κ2) is 4.84. The van der Waals surface area contributed by atoms with E-state index < -0.39 is 0 Å². The van der Waals surface area contributed by atoms with Crippen molar-refractivity contribution in [1.29, 1.82) is 0 Å². The topological polar surface area (TPSA) is 22.1 Å². The van der Waals surface area contributed by atoms with Gasteiger partial charge in [-0.2, -0.15) is 0 Å². The van der Waals surface area contributed by atoms with Crippen LogP contribution in [-0.4, -0.2) is 12.1 Å². The van der Waals surface area contributed by atoms with Crippen molar-refractivity contribution in [1.82, 2.24) is 4.98 Å². The number of aromatic nitrogens is 1. The Kier molecular flexibility index (Phi) is 3.25. The van der Waals surface area contributed by atoms with E-state index in [9.17, 15) is 0 Å². The predicted octanol–water partition coefficient (Wildman–Crippen LogP) is 3.24. The molecule has 1 aromatic carbocycles. The first kappa shape index (κ1) is 10.1. The minimum Gasteiger partial charge on any atom is -0.497 e. The molecule has 3 heteroatoms. The van der Waals surface area contributed by atoms with Crippen LogP contribution < -0.4 is 4.74 Å². The summed E-state index contributed by atoms with van der Waals surface area (Å²) in [5.41, 5.74) is 0. The van der Waals surface area contributed by atoms with Gasteiger partial charge in [-0.05, 0) is 30.3 Å². The summed E-state index contributed by atoms with van der Waals surface area (Å²) in [5, 5.41) is 0.991. The summed E-state index contributed by atoms with van der Waals surface area (Å²) in [6, 6.07) is 13.8. The number of pyridine rings is 1. The maximum atomic E-state index is 5.16. The molecule has 0 saturated carbocycles. The molecule has 1 heterocycles. The van der Waals surface area contributed by atoms with Crippen LogP contribution in [0.3, 0.4) is 0 Å². The number of ether oxygens (including phenoxy) is 1. The minimum atomic E-state index is 0.871. The molecule has 15 heavy (non-hydrogen) atoms. The van der Waals surface area contributed by atoms with Crippen molar-refractivity contribution < 1.29 is 4.74 Å². The van der Waals surface area contributed by atoms with Crippen molar-refractivity contribution in [2.45, 2.75) is 9.92 Å². The van der Waals surface area contributed by atoms with Gasteiger partial charge in [0.25, 0.3) is 0 Å². The van der Waals surface area contributed by atoms with E-state index in [2.05, 4.69) is 4.98 Å². The largest absolute Gasteiger partial charge is 0.497 e. The molecule has 0 amide bonds. The molecule has 0 spiro atoms. The summed E-state index contributed by atoms with van der Waals surface area (Å²) >= 11 is 1.63. The lowest BCUT2D eigenvalue weighted by Crippen LogP contribution is -1.82. The van der Waals surface area contributed by atoms with Crippen LogP contribution in [0, 0.1) is 0 Å². The summed E-state index contributed by atoms with van der Waals surface area (Å²) < 4.78 is 5.16. The van der Waals surface area contributed by atoms with E-state index in [0.717, 1.165) is 15.7 Å². The zero-order chi connectivity index (χ0) is 10.5. The fraction of sp³-hybridized carbons (Fsp3) is 0.0833. The van der Waals surface area contributed by atoms with Gasteiger partial charge in [0.2, 0.25) is 0 Å². The molecule has 0 N–H and O–H groups in total.